The van der Waals surface area contributed by atoms with Gasteiger partial charge in [-0.2, -0.15) is 5.11 Å². The third-order valence-electron chi connectivity index (χ3n) is 3.54. The highest BCUT2D eigenvalue weighted by Crippen LogP contribution is 2.33. The number of azo groups is 1. The highest BCUT2D eigenvalue weighted by atomic mass is 35.5. The third kappa shape index (κ3) is 3.44. The summed E-state index contributed by atoms with van der Waals surface area (Å²) in [5, 5.41) is 7.89. The smallest absolute Gasteiger partial charge is 0.287 e. The number of pyridine rings is 1. The van der Waals surface area contributed by atoms with Gasteiger partial charge in [0.05, 0.1) is 5.56 Å². The molecule has 0 bridgehead atoms. The van der Waals surface area contributed by atoms with Crippen molar-refractivity contribution < 1.29 is 9.53 Å². The van der Waals surface area contributed by atoms with Gasteiger partial charge in [-0.1, -0.05) is 11.6 Å². The van der Waals surface area contributed by atoms with Crippen LogP contribution in [-0.4, -0.2) is 23.5 Å². The molecule has 1 aromatic carbocycles. The van der Waals surface area contributed by atoms with Crippen LogP contribution in [0.25, 0.3) is 11.1 Å². The van der Waals surface area contributed by atoms with Crippen molar-refractivity contribution >= 4 is 17.5 Å². The zero-order chi connectivity index (χ0) is 17.1. The maximum atomic E-state index is 12.1. The Labute approximate surface area is 142 Å². The van der Waals surface area contributed by atoms with E-state index in [1.807, 2.05) is 6.92 Å². The predicted molar refractivity (Wildman–Crippen MR) is 90.5 cm³/mol. The fourth-order valence-electron chi connectivity index (χ4n) is 2.28. The summed E-state index contributed by atoms with van der Waals surface area (Å²) < 4.78 is 5.83. The molecule has 0 saturated heterocycles. The molecule has 1 amide bonds. The van der Waals surface area contributed by atoms with Crippen LogP contribution in [0.3, 0.4) is 0 Å². The van der Waals surface area contributed by atoms with Gasteiger partial charge in [0.1, 0.15) is 18.4 Å². The normalized spacial score (nSPS) is 16.4. The summed E-state index contributed by atoms with van der Waals surface area (Å²) in [5.74, 6) is 0.138. The van der Waals surface area contributed by atoms with E-state index in [1.165, 1.54) is 6.08 Å². The Bertz CT molecular complexity index is 886. The van der Waals surface area contributed by atoms with Gasteiger partial charge in [0.15, 0.2) is 0 Å². The van der Waals surface area contributed by atoms with Crippen molar-refractivity contribution in [3.63, 3.8) is 0 Å². The molecular formula is C17H14ClN3O3. The first-order valence-electron chi connectivity index (χ1n) is 7.28. The third-order valence-corrected chi connectivity index (χ3v) is 3.95. The number of aryl methyl sites for hydroxylation is 1. The summed E-state index contributed by atoms with van der Waals surface area (Å²) >= 11 is 6.20. The maximum Gasteiger partial charge on any atom is 0.287 e. The summed E-state index contributed by atoms with van der Waals surface area (Å²) in [6, 6.07) is 6.57. The number of hydrogen-bond acceptors (Lipinski definition) is 4. The van der Waals surface area contributed by atoms with Gasteiger partial charge < -0.3 is 9.72 Å². The summed E-state index contributed by atoms with van der Waals surface area (Å²) in [5.41, 5.74) is 1.66. The molecule has 122 valence electrons. The average molecular weight is 344 g/mol. The number of hydrogen-bond donors (Lipinski definition) is 1. The number of halogens is 1. The Morgan fingerprint density at radius 3 is 2.83 bits per heavy atom. The Kier molecular flexibility index (Phi) is 4.57. The van der Waals surface area contributed by atoms with Crippen LogP contribution >= 0.6 is 11.6 Å². The fraction of sp³-hybridized carbons (Fsp3) is 0.176. The van der Waals surface area contributed by atoms with Crippen molar-refractivity contribution in [2.45, 2.75) is 13.0 Å². The molecule has 0 radical (unpaired) electrons. The molecule has 0 saturated carbocycles. The highest BCUT2D eigenvalue weighted by molar-refractivity contribution is 6.31. The monoisotopic (exact) mass is 343 g/mol. The second-order valence-corrected chi connectivity index (χ2v) is 5.71. The molecule has 1 unspecified atom stereocenters. The number of carbonyl (C=O) groups excluding carboxylic acids is 1. The molecule has 1 atom stereocenters. The molecule has 7 heteroatoms. The van der Waals surface area contributed by atoms with E-state index in [0.717, 1.165) is 5.56 Å². The van der Waals surface area contributed by atoms with Gasteiger partial charge in [-0.15, -0.1) is 5.11 Å². The molecular weight excluding hydrogens is 330 g/mol. The molecule has 0 fully saturated rings. The second-order valence-electron chi connectivity index (χ2n) is 5.30. The van der Waals surface area contributed by atoms with Crippen molar-refractivity contribution in [1.82, 2.24) is 4.98 Å². The Morgan fingerprint density at radius 2 is 2.12 bits per heavy atom. The van der Waals surface area contributed by atoms with Crippen LogP contribution in [-0.2, 0) is 4.79 Å². The van der Waals surface area contributed by atoms with Crippen LogP contribution in [0.1, 0.15) is 5.56 Å². The number of nitrogens with one attached hydrogen (secondary N) is 1. The Hall–Kier alpha value is -2.73. The van der Waals surface area contributed by atoms with E-state index in [0.29, 0.717) is 21.9 Å². The van der Waals surface area contributed by atoms with Crippen molar-refractivity contribution in [2.75, 3.05) is 6.61 Å². The first-order chi connectivity index (χ1) is 11.5. The van der Waals surface area contributed by atoms with Gasteiger partial charge in [-0.3, -0.25) is 9.59 Å². The van der Waals surface area contributed by atoms with Crippen LogP contribution in [0.15, 0.2) is 57.6 Å². The first-order valence-corrected chi connectivity index (χ1v) is 7.66. The number of ether oxygens (including phenoxy) is 1. The van der Waals surface area contributed by atoms with E-state index < -0.39 is 0 Å². The largest absolute Gasteiger partial charge is 0.490 e. The Balaban J connectivity index is 1.92. The molecule has 3 rings (SSSR count). The second kappa shape index (κ2) is 6.80. The molecule has 1 aliphatic rings. The zero-order valence-corrected chi connectivity index (χ0v) is 13.6. The quantitative estimate of drug-likeness (QED) is 0.924. The van der Waals surface area contributed by atoms with E-state index in [-0.39, 0.29) is 24.1 Å². The van der Waals surface area contributed by atoms with E-state index >= 15 is 0 Å². The number of benzene rings is 1. The molecule has 2 aromatic rings. The van der Waals surface area contributed by atoms with E-state index in [4.69, 9.17) is 16.3 Å². The van der Waals surface area contributed by atoms with Gasteiger partial charge in [-0.25, -0.2) is 0 Å². The summed E-state index contributed by atoms with van der Waals surface area (Å²) in [4.78, 5) is 25.7. The summed E-state index contributed by atoms with van der Waals surface area (Å²) in [6.07, 6.45) is 4.55. The molecule has 1 aromatic heterocycles. The van der Waals surface area contributed by atoms with E-state index in [9.17, 15) is 9.59 Å². The molecule has 0 aliphatic carbocycles. The number of nitrogens with zero attached hydrogens (tertiary/aromatic N) is 2. The molecule has 24 heavy (non-hydrogen) atoms. The number of rotatable bonds is 4. The fourth-order valence-corrected chi connectivity index (χ4v) is 2.44. The lowest BCUT2D eigenvalue weighted by atomic mass is 10.0. The maximum absolute atomic E-state index is 12.1. The minimum absolute atomic E-state index is 0.200. The summed E-state index contributed by atoms with van der Waals surface area (Å²) in [7, 11) is 0. The lowest BCUT2D eigenvalue weighted by Crippen LogP contribution is -2.17. The standard InChI is InChI=1S/C17H14ClN3O3/c1-10-7-15(24-9-11-4-5-16(22)21-20-11)13(8-14(10)18)12-3-2-6-19-17(12)23/h2-8,11H,9H2,1H3,(H,19,23). The number of amides is 1. The van der Waals surface area contributed by atoms with E-state index in [2.05, 4.69) is 15.2 Å². The van der Waals surface area contributed by atoms with Crippen LogP contribution in [0.2, 0.25) is 5.02 Å². The van der Waals surface area contributed by atoms with Crippen molar-refractivity contribution in [3.05, 3.63) is 63.6 Å². The SMILES string of the molecule is Cc1cc(OCC2C=CC(=O)N=N2)c(-c2ccc[nH]c2=O)cc1Cl. The van der Waals surface area contributed by atoms with Crippen LogP contribution in [0.5, 0.6) is 5.75 Å². The minimum Gasteiger partial charge on any atom is -0.490 e. The van der Waals surface area contributed by atoms with Crippen LogP contribution in [0.4, 0.5) is 0 Å². The highest BCUT2D eigenvalue weighted by Gasteiger charge is 2.15. The lowest BCUT2D eigenvalue weighted by Gasteiger charge is -2.15. The lowest BCUT2D eigenvalue weighted by molar-refractivity contribution is -0.114. The van der Waals surface area contributed by atoms with Crippen molar-refractivity contribution in [1.29, 1.82) is 0 Å². The van der Waals surface area contributed by atoms with Gasteiger partial charge >= 0.3 is 0 Å². The zero-order valence-electron chi connectivity index (χ0n) is 12.8. The van der Waals surface area contributed by atoms with Crippen LogP contribution in [0, 0.1) is 6.92 Å². The average Bonchev–Trinajstić information content (AvgIpc) is 2.58. The molecule has 2 heterocycles. The number of aromatic amines is 1. The molecule has 1 N–H and O–H groups in total. The van der Waals surface area contributed by atoms with Crippen LogP contribution < -0.4 is 10.3 Å². The molecule has 6 nitrogen and oxygen atoms in total. The number of H-pyrrole nitrogens is 1. The van der Waals surface area contributed by atoms with Crippen molar-refractivity contribution in [3.8, 4) is 16.9 Å². The first kappa shape index (κ1) is 16.1. The topological polar surface area (TPSA) is 83.9 Å². The Morgan fingerprint density at radius 1 is 1.29 bits per heavy atom. The van der Waals surface area contributed by atoms with Crippen molar-refractivity contribution in [2.24, 2.45) is 10.2 Å². The minimum atomic E-state index is -0.384. The van der Waals surface area contributed by atoms with E-state index in [1.54, 1.807) is 36.5 Å². The molecule has 1 aliphatic heterocycles. The predicted octanol–water partition coefficient (Wildman–Crippen LogP) is 3.30. The molecule has 0 spiro atoms. The van der Waals surface area contributed by atoms with Gasteiger partial charge in [-0.05, 0) is 42.8 Å². The van der Waals surface area contributed by atoms with Gasteiger partial charge in [0.25, 0.3) is 11.5 Å². The van der Waals surface area contributed by atoms with Gasteiger partial charge in [0.2, 0.25) is 0 Å². The van der Waals surface area contributed by atoms with Gasteiger partial charge in [0, 0.05) is 22.9 Å². The summed E-state index contributed by atoms with van der Waals surface area (Å²) in [6.45, 7) is 2.05. The number of carbonyl (C=O) groups is 1. The number of aromatic nitrogens is 1.